The van der Waals surface area contributed by atoms with Crippen LogP contribution >= 0.6 is 23.5 Å². The Balaban J connectivity index is 1.17. The maximum atomic E-state index is 12.9. The molecule has 0 spiro atoms. The van der Waals surface area contributed by atoms with Gasteiger partial charge in [-0.25, -0.2) is 0 Å². The van der Waals surface area contributed by atoms with Crippen molar-refractivity contribution in [2.75, 3.05) is 18.1 Å². The van der Waals surface area contributed by atoms with Crippen molar-refractivity contribution in [3.05, 3.63) is 22.0 Å². The van der Waals surface area contributed by atoms with Gasteiger partial charge in [-0.1, -0.05) is 0 Å². The first-order chi connectivity index (χ1) is 16.2. The molecule has 4 rings (SSSR count). The highest BCUT2D eigenvalue weighted by Gasteiger charge is 2.44. The number of hydrogen-bond donors (Lipinski definition) is 1. The van der Waals surface area contributed by atoms with Crippen LogP contribution in [0.5, 0.6) is 0 Å². The molecule has 7 nitrogen and oxygen atoms in total. The highest BCUT2D eigenvalue weighted by molar-refractivity contribution is 8.03. The summed E-state index contributed by atoms with van der Waals surface area (Å²) in [5.74, 6) is 0.875. The Bertz CT molecular complexity index is 928. The van der Waals surface area contributed by atoms with E-state index in [1.807, 2.05) is 13.8 Å². The zero-order valence-electron chi connectivity index (χ0n) is 20.0. The standard InChI is InChI=1S/C25H34N2O5S2/c1-25(2,27-22(30)15-20-18(24(27)32)9-13-34-20)10-5-7-16(28)6-3-4-11-26-21(29)14-19-17(23(26)31)8-12-33-19/h14-18,28H,3-13H2,1-2H3. The van der Waals surface area contributed by atoms with Gasteiger partial charge in [0.2, 0.25) is 11.8 Å². The van der Waals surface area contributed by atoms with E-state index in [1.54, 1.807) is 35.7 Å². The maximum absolute atomic E-state index is 12.9. The van der Waals surface area contributed by atoms with E-state index in [1.165, 1.54) is 9.80 Å². The second-order valence-corrected chi connectivity index (χ2v) is 12.5. The first-order valence-corrected chi connectivity index (χ1v) is 14.3. The summed E-state index contributed by atoms with van der Waals surface area (Å²) >= 11 is 3.21. The van der Waals surface area contributed by atoms with Crippen molar-refractivity contribution < 1.29 is 24.3 Å². The summed E-state index contributed by atoms with van der Waals surface area (Å²) in [5.41, 5.74) is -0.594. The minimum Gasteiger partial charge on any atom is -0.393 e. The number of imide groups is 2. The molecule has 0 aromatic carbocycles. The molecule has 1 N–H and O–H groups in total. The van der Waals surface area contributed by atoms with Gasteiger partial charge in [0.1, 0.15) is 0 Å². The molecule has 0 radical (unpaired) electrons. The van der Waals surface area contributed by atoms with Crippen molar-refractivity contribution >= 4 is 47.2 Å². The SMILES string of the molecule is CC(C)(CCCC(O)CCCCN1C(=O)C=C2SCCC2C1=O)N1C(=O)C=C2SCCC2C1=O. The summed E-state index contributed by atoms with van der Waals surface area (Å²) in [6, 6.07) is 0. The summed E-state index contributed by atoms with van der Waals surface area (Å²) in [6.07, 6.45) is 8.29. The van der Waals surface area contributed by atoms with E-state index in [0.29, 0.717) is 38.6 Å². The van der Waals surface area contributed by atoms with Gasteiger partial charge < -0.3 is 5.11 Å². The molecule has 9 heteroatoms. The van der Waals surface area contributed by atoms with E-state index in [0.717, 1.165) is 40.6 Å². The second-order valence-electron chi connectivity index (χ2n) is 10.2. The minimum atomic E-state index is -0.594. The average Bonchev–Trinajstić information content (AvgIpc) is 3.42. The number of carbonyl (C=O) groups is 4. The number of fused-ring (bicyclic) bond motifs is 2. The van der Waals surface area contributed by atoms with Crippen LogP contribution in [0.4, 0.5) is 0 Å². The van der Waals surface area contributed by atoms with Crippen molar-refractivity contribution in [2.45, 2.75) is 76.9 Å². The normalized spacial score (nSPS) is 26.0. The molecule has 3 unspecified atom stereocenters. The number of aliphatic hydroxyl groups is 1. The zero-order valence-corrected chi connectivity index (χ0v) is 21.6. The summed E-state index contributed by atoms with van der Waals surface area (Å²) in [7, 11) is 0. The van der Waals surface area contributed by atoms with E-state index in [4.69, 9.17) is 0 Å². The number of carbonyl (C=O) groups excluding carboxylic acids is 4. The van der Waals surface area contributed by atoms with Crippen LogP contribution in [-0.2, 0) is 19.2 Å². The third kappa shape index (κ3) is 5.31. The minimum absolute atomic E-state index is 0.0738. The number of aliphatic hydroxyl groups excluding tert-OH is 1. The van der Waals surface area contributed by atoms with Crippen molar-refractivity contribution in [2.24, 2.45) is 11.8 Å². The third-order valence-corrected chi connectivity index (χ3v) is 9.59. The van der Waals surface area contributed by atoms with Gasteiger partial charge in [-0.2, -0.15) is 0 Å². The predicted octanol–water partition coefficient (Wildman–Crippen LogP) is 3.48. The van der Waals surface area contributed by atoms with Crippen LogP contribution in [0.1, 0.15) is 65.2 Å². The number of thioether (sulfide) groups is 2. The van der Waals surface area contributed by atoms with Crippen LogP contribution in [0.25, 0.3) is 0 Å². The fourth-order valence-corrected chi connectivity index (χ4v) is 7.68. The highest BCUT2D eigenvalue weighted by atomic mass is 32.2. The van der Waals surface area contributed by atoms with Crippen molar-refractivity contribution in [3.63, 3.8) is 0 Å². The smallest absolute Gasteiger partial charge is 0.254 e. The quantitative estimate of drug-likeness (QED) is 0.358. The summed E-state index contributed by atoms with van der Waals surface area (Å²) < 4.78 is 0. The van der Waals surface area contributed by atoms with Crippen LogP contribution in [0, 0.1) is 11.8 Å². The van der Waals surface area contributed by atoms with Crippen LogP contribution < -0.4 is 0 Å². The van der Waals surface area contributed by atoms with Crippen LogP contribution in [0.2, 0.25) is 0 Å². The Morgan fingerprint density at radius 1 is 0.912 bits per heavy atom. The van der Waals surface area contributed by atoms with E-state index >= 15 is 0 Å². The molecular formula is C25H34N2O5S2. The van der Waals surface area contributed by atoms with Crippen molar-refractivity contribution in [1.29, 1.82) is 0 Å². The highest BCUT2D eigenvalue weighted by Crippen LogP contribution is 2.42. The van der Waals surface area contributed by atoms with Gasteiger partial charge in [0.05, 0.1) is 17.9 Å². The number of nitrogens with zero attached hydrogens (tertiary/aromatic N) is 2. The van der Waals surface area contributed by atoms with Gasteiger partial charge in [0.15, 0.2) is 0 Å². The molecule has 0 aliphatic carbocycles. The van der Waals surface area contributed by atoms with E-state index in [9.17, 15) is 24.3 Å². The van der Waals surface area contributed by atoms with Crippen LogP contribution in [0.3, 0.4) is 0 Å². The Morgan fingerprint density at radius 2 is 1.50 bits per heavy atom. The van der Waals surface area contributed by atoms with E-state index < -0.39 is 11.6 Å². The molecule has 3 atom stereocenters. The van der Waals surface area contributed by atoms with Crippen LogP contribution in [-0.4, -0.2) is 68.2 Å². The predicted molar refractivity (Wildman–Crippen MR) is 134 cm³/mol. The summed E-state index contributed by atoms with van der Waals surface area (Å²) in [5, 5.41) is 10.4. The summed E-state index contributed by atoms with van der Waals surface area (Å²) in [6.45, 7) is 4.24. The lowest BCUT2D eigenvalue weighted by molar-refractivity contribution is -0.152. The first-order valence-electron chi connectivity index (χ1n) is 12.3. The lowest BCUT2D eigenvalue weighted by atomic mass is 9.89. The maximum Gasteiger partial charge on any atom is 0.254 e. The Hall–Kier alpha value is -1.58. The lowest BCUT2D eigenvalue weighted by Crippen LogP contribution is -2.54. The lowest BCUT2D eigenvalue weighted by Gasteiger charge is -2.40. The molecule has 0 aromatic heterocycles. The van der Waals surface area contributed by atoms with Crippen molar-refractivity contribution in [1.82, 2.24) is 9.80 Å². The second kappa shape index (κ2) is 10.6. The third-order valence-electron chi connectivity index (χ3n) is 7.24. The average molecular weight is 507 g/mol. The fraction of sp³-hybridized carbons (Fsp3) is 0.680. The van der Waals surface area contributed by atoms with Gasteiger partial charge in [-0.15, -0.1) is 23.5 Å². The Morgan fingerprint density at radius 3 is 2.18 bits per heavy atom. The van der Waals surface area contributed by atoms with E-state index in [2.05, 4.69) is 0 Å². The van der Waals surface area contributed by atoms with Crippen molar-refractivity contribution in [3.8, 4) is 0 Å². The molecule has 34 heavy (non-hydrogen) atoms. The molecule has 2 saturated heterocycles. The van der Waals surface area contributed by atoms with Crippen LogP contribution in [0.15, 0.2) is 22.0 Å². The largest absolute Gasteiger partial charge is 0.393 e. The number of hydrogen-bond acceptors (Lipinski definition) is 7. The molecule has 0 bridgehead atoms. The monoisotopic (exact) mass is 506 g/mol. The molecule has 186 valence electrons. The number of amides is 4. The number of unbranched alkanes of at least 4 members (excludes halogenated alkanes) is 1. The molecule has 4 heterocycles. The fourth-order valence-electron chi connectivity index (χ4n) is 5.29. The van der Waals surface area contributed by atoms with Gasteiger partial charge in [-0.05, 0) is 76.7 Å². The molecule has 4 aliphatic rings. The van der Waals surface area contributed by atoms with E-state index in [-0.39, 0.29) is 35.5 Å². The molecule has 4 amide bonds. The van der Waals surface area contributed by atoms with Gasteiger partial charge >= 0.3 is 0 Å². The molecule has 0 aromatic rings. The first kappa shape index (κ1) is 25.5. The molecule has 2 fully saturated rings. The summed E-state index contributed by atoms with van der Waals surface area (Å²) in [4.78, 5) is 55.0. The molecular weight excluding hydrogens is 472 g/mol. The topological polar surface area (TPSA) is 95.0 Å². The van der Waals surface area contributed by atoms with Gasteiger partial charge in [-0.3, -0.25) is 29.0 Å². The number of rotatable bonds is 10. The van der Waals surface area contributed by atoms with Gasteiger partial charge in [0.25, 0.3) is 11.8 Å². The van der Waals surface area contributed by atoms with Gasteiger partial charge in [0, 0.05) is 34.0 Å². The zero-order chi connectivity index (χ0) is 24.5. The Labute approximate surface area is 209 Å². The Kier molecular flexibility index (Phi) is 7.94. The molecule has 4 aliphatic heterocycles. The molecule has 0 saturated carbocycles.